The van der Waals surface area contributed by atoms with E-state index in [1.54, 1.807) is 45.2 Å². The second kappa shape index (κ2) is 7.34. The van der Waals surface area contributed by atoms with Crippen LogP contribution in [0.15, 0.2) is 35.4 Å². The van der Waals surface area contributed by atoms with Crippen molar-refractivity contribution in [2.45, 2.75) is 26.3 Å². The molecule has 0 N–H and O–H groups in total. The maximum Gasteiger partial charge on any atom is 0.329 e. The molecule has 3 rings (SSSR count). The average Bonchev–Trinajstić information content (AvgIpc) is 3.09. The van der Waals surface area contributed by atoms with Gasteiger partial charge in [-0.3, -0.25) is 9.36 Å². The van der Waals surface area contributed by atoms with Crippen molar-refractivity contribution in [2.24, 2.45) is 0 Å². The van der Waals surface area contributed by atoms with E-state index >= 15 is 0 Å². The van der Waals surface area contributed by atoms with Crippen molar-refractivity contribution in [1.29, 1.82) is 0 Å². The van der Waals surface area contributed by atoms with Gasteiger partial charge in [0, 0.05) is 6.07 Å². The molecule has 0 aliphatic carbocycles. The summed E-state index contributed by atoms with van der Waals surface area (Å²) in [5.41, 5.74) is 0.606. The minimum atomic E-state index is -0.749. The van der Waals surface area contributed by atoms with Gasteiger partial charge in [-0.05, 0) is 25.5 Å². The van der Waals surface area contributed by atoms with Gasteiger partial charge in [0.05, 0.1) is 19.4 Å². The molecule has 0 spiro atoms. The monoisotopic (exact) mass is 357 g/mol. The minimum absolute atomic E-state index is 0.0815. The molecule has 0 saturated carbocycles. The lowest BCUT2D eigenvalue weighted by molar-refractivity contribution is -0.147. The van der Waals surface area contributed by atoms with Crippen LogP contribution < -0.4 is 10.3 Å². The number of carbonyl (C=O) groups excluding carboxylic acids is 1. The van der Waals surface area contributed by atoms with Gasteiger partial charge in [0.15, 0.2) is 11.2 Å². The largest absolute Gasteiger partial charge is 0.497 e. The van der Waals surface area contributed by atoms with Crippen molar-refractivity contribution in [3.63, 3.8) is 0 Å². The third kappa shape index (κ3) is 3.03. The first-order chi connectivity index (χ1) is 12.6. The molecular weight excluding hydrogens is 338 g/mol. The number of rotatable bonds is 6. The molecule has 0 bridgehead atoms. The van der Waals surface area contributed by atoms with E-state index in [0.29, 0.717) is 23.5 Å². The van der Waals surface area contributed by atoms with E-state index in [1.165, 1.54) is 15.6 Å². The maximum atomic E-state index is 12.8. The fourth-order valence-corrected chi connectivity index (χ4v) is 2.68. The van der Waals surface area contributed by atoms with Crippen LogP contribution in [0.1, 0.15) is 26.3 Å². The highest BCUT2D eigenvalue weighted by Gasteiger charge is 2.23. The van der Waals surface area contributed by atoms with Gasteiger partial charge in [-0.2, -0.15) is 4.68 Å². The summed E-state index contributed by atoms with van der Waals surface area (Å²) in [5, 5.41) is 7.99. The van der Waals surface area contributed by atoms with Gasteiger partial charge >= 0.3 is 5.97 Å². The third-order valence-corrected chi connectivity index (χ3v) is 3.97. The number of hydrogen-bond donors (Lipinski definition) is 0. The van der Waals surface area contributed by atoms with E-state index in [-0.39, 0.29) is 12.1 Å². The molecule has 0 radical (unpaired) electrons. The Balaban J connectivity index is 2.09. The van der Waals surface area contributed by atoms with Crippen LogP contribution in [-0.4, -0.2) is 44.2 Å². The van der Waals surface area contributed by atoms with Crippen LogP contribution >= 0.6 is 0 Å². The molecular formula is C17H19N5O4. The van der Waals surface area contributed by atoms with Crippen LogP contribution in [0.4, 0.5) is 0 Å². The summed E-state index contributed by atoms with van der Waals surface area (Å²) >= 11 is 0. The zero-order chi connectivity index (χ0) is 18.7. The Hall–Kier alpha value is -3.23. The predicted octanol–water partition coefficient (Wildman–Crippen LogP) is 1.50. The fraction of sp³-hybridized carbons (Fsp3) is 0.353. The van der Waals surface area contributed by atoms with E-state index in [4.69, 9.17) is 9.47 Å². The van der Waals surface area contributed by atoms with Crippen molar-refractivity contribution in [1.82, 2.24) is 24.5 Å². The van der Waals surface area contributed by atoms with Gasteiger partial charge in [-0.1, -0.05) is 18.2 Å². The Bertz CT molecular complexity index is 994. The van der Waals surface area contributed by atoms with Gasteiger partial charge in [-0.15, -0.1) is 5.10 Å². The van der Waals surface area contributed by atoms with E-state index < -0.39 is 17.6 Å². The van der Waals surface area contributed by atoms with Crippen LogP contribution in [0.25, 0.3) is 16.9 Å². The maximum absolute atomic E-state index is 12.8. The quantitative estimate of drug-likeness (QED) is 0.616. The van der Waals surface area contributed by atoms with Crippen LogP contribution in [0.3, 0.4) is 0 Å². The highest BCUT2D eigenvalue weighted by molar-refractivity contribution is 5.75. The molecule has 2 aromatic heterocycles. The number of aromatic nitrogens is 5. The summed E-state index contributed by atoms with van der Waals surface area (Å²) in [6.45, 7) is 3.76. The minimum Gasteiger partial charge on any atom is -0.497 e. The highest BCUT2D eigenvalue weighted by atomic mass is 16.5. The third-order valence-electron chi connectivity index (χ3n) is 3.97. The van der Waals surface area contributed by atoms with Crippen molar-refractivity contribution in [2.75, 3.05) is 13.7 Å². The Kier molecular flexibility index (Phi) is 4.97. The standard InChI is InChI=1S/C17H19N5O4/c1-4-13(17(24)26-5-2)21-10-18-15-14(16(21)23)19-20-22(15)11-7-6-8-12(9-11)25-3/h6-10,13H,4-5H2,1-3H3/t13-/m0/s1. The number of hydrogen-bond acceptors (Lipinski definition) is 7. The Morgan fingerprint density at radius 3 is 2.81 bits per heavy atom. The van der Waals surface area contributed by atoms with Gasteiger partial charge in [0.1, 0.15) is 18.1 Å². The molecule has 26 heavy (non-hydrogen) atoms. The van der Waals surface area contributed by atoms with Gasteiger partial charge < -0.3 is 9.47 Å². The highest BCUT2D eigenvalue weighted by Crippen LogP contribution is 2.18. The lowest BCUT2D eigenvalue weighted by Gasteiger charge is -2.15. The number of ether oxygens (including phenoxy) is 2. The number of carbonyl (C=O) groups is 1. The molecule has 1 atom stereocenters. The topological polar surface area (TPSA) is 101 Å². The zero-order valence-electron chi connectivity index (χ0n) is 14.7. The molecule has 9 nitrogen and oxygen atoms in total. The van der Waals surface area contributed by atoms with E-state index in [2.05, 4.69) is 15.3 Å². The van der Waals surface area contributed by atoms with Crippen LogP contribution in [0.5, 0.6) is 5.75 Å². The molecule has 3 aromatic rings. The second-order valence-electron chi connectivity index (χ2n) is 5.51. The zero-order valence-corrected chi connectivity index (χ0v) is 14.7. The molecule has 9 heteroatoms. The van der Waals surface area contributed by atoms with Gasteiger partial charge in [0.25, 0.3) is 5.56 Å². The van der Waals surface area contributed by atoms with Crippen molar-refractivity contribution < 1.29 is 14.3 Å². The lowest BCUT2D eigenvalue weighted by atomic mass is 10.2. The summed E-state index contributed by atoms with van der Waals surface area (Å²) < 4.78 is 12.9. The normalized spacial score (nSPS) is 12.1. The first-order valence-electron chi connectivity index (χ1n) is 8.24. The first-order valence-corrected chi connectivity index (χ1v) is 8.24. The molecule has 0 aliphatic rings. The Labute approximate surface area is 149 Å². The smallest absolute Gasteiger partial charge is 0.329 e. The number of esters is 1. The fourth-order valence-electron chi connectivity index (χ4n) is 2.68. The summed E-state index contributed by atoms with van der Waals surface area (Å²) in [7, 11) is 1.57. The summed E-state index contributed by atoms with van der Waals surface area (Å²) in [6.07, 6.45) is 1.73. The Morgan fingerprint density at radius 1 is 1.31 bits per heavy atom. The average molecular weight is 357 g/mol. The molecule has 1 aromatic carbocycles. The van der Waals surface area contributed by atoms with Gasteiger partial charge in [-0.25, -0.2) is 9.78 Å². The predicted molar refractivity (Wildman–Crippen MR) is 93.4 cm³/mol. The first kappa shape index (κ1) is 17.6. The van der Waals surface area contributed by atoms with E-state index in [0.717, 1.165) is 0 Å². The van der Waals surface area contributed by atoms with Crippen LogP contribution in [0.2, 0.25) is 0 Å². The second-order valence-corrected chi connectivity index (χ2v) is 5.51. The molecule has 0 saturated heterocycles. The van der Waals surface area contributed by atoms with Crippen molar-refractivity contribution >= 4 is 17.1 Å². The Morgan fingerprint density at radius 2 is 2.12 bits per heavy atom. The van der Waals surface area contributed by atoms with Crippen molar-refractivity contribution in [3.8, 4) is 11.4 Å². The molecule has 2 heterocycles. The van der Waals surface area contributed by atoms with E-state index in [1.807, 2.05) is 0 Å². The molecule has 0 unspecified atom stereocenters. The van der Waals surface area contributed by atoms with Gasteiger partial charge in [0.2, 0.25) is 0 Å². The summed E-state index contributed by atoms with van der Waals surface area (Å²) in [5.74, 6) is 0.172. The molecule has 0 aliphatic heterocycles. The van der Waals surface area contributed by atoms with E-state index in [9.17, 15) is 9.59 Å². The number of benzene rings is 1. The number of nitrogens with zero attached hydrogens (tertiary/aromatic N) is 5. The number of methoxy groups -OCH3 is 1. The SMILES string of the molecule is CCOC(=O)[C@H](CC)n1cnc2c(nnn2-c2cccc(OC)c2)c1=O. The summed E-state index contributed by atoms with van der Waals surface area (Å²) in [6, 6.07) is 6.42. The molecule has 136 valence electrons. The van der Waals surface area contributed by atoms with Crippen LogP contribution in [0, 0.1) is 0 Å². The number of fused-ring (bicyclic) bond motifs is 1. The van der Waals surface area contributed by atoms with Crippen LogP contribution in [-0.2, 0) is 9.53 Å². The van der Waals surface area contributed by atoms with Crippen molar-refractivity contribution in [3.05, 3.63) is 40.9 Å². The lowest BCUT2D eigenvalue weighted by Crippen LogP contribution is -2.31. The molecule has 0 fully saturated rings. The molecule has 0 amide bonds. The summed E-state index contributed by atoms with van der Waals surface area (Å²) in [4.78, 5) is 29.2.